The summed E-state index contributed by atoms with van der Waals surface area (Å²) in [6.45, 7) is 0.436. The Morgan fingerprint density at radius 3 is 2.64 bits per heavy atom. The highest BCUT2D eigenvalue weighted by molar-refractivity contribution is 6.34. The summed E-state index contributed by atoms with van der Waals surface area (Å²) in [7, 11) is 1.07. The zero-order valence-corrected chi connectivity index (χ0v) is 23.4. The molecule has 16 heteroatoms. The number of nitrogens with zero attached hydrogens (tertiary/aromatic N) is 6. The summed E-state index contributed by atoms with van der Waals surface area (Å²) in [5, 5.41) is 5.91. The van der Waals surface area contributed by atoms with Gasteiger partial charge in [0.25, 0.3) is 5.91 Å². The molecule has 0 radical (unpaired) electrons. The number of aryl methyl sites for hydroxylation is 1. The fourth-order valence-corrected chi connectivity index (χ4v) is 6.22. The van der Waals surface area contributed by atoms with Crippen LogP contribution < -0.4 is 11.1 Å². The van der Waals surface area contributed by atoms with Crippen LogP contribution in [0.25, 0.3) is 16.8 Å². The molecule has 2 aliphatic heterocycles. The van der Waals surface area contributed by atoms with Crippen LogP contribution in [0.15, 0.2) is 24.4 Å². The Labute approximate surface area is 245 Å². The summed E-state index contributed by atoms with van der Waals surface area (Å²) in [4.78, 5) is 36.0. The Balaban J connectivity index is 1.38. The minimum Gasteiger partial charge on any atom is -0.382 e. The number of amides is 2. The Bertz CT molecular complexity index is 1770. The molecule has 10 nitrogen and oxygen atoms in total. The van der Waals surface area contributed by atoms with Crippen molar-refractivity contribution in [3.63, 3.8) is 0 Å². The minimum atomic E-state index is -4.70. The normalized spacial score (nSPS) is 19.0. The maximum atomic E-state index is 15.4. The van der Waals surface area contributed by atoms with Gasteiger partial charge in [0, 0.05) is 43.6 Å². The number of anilines is 2. The lowest BCUT2D eigenvalue weighted by molar-refractivity contribution is -0.143. The maximum absolute atomic E-state index is 15.4. The molecule has 2 fully saturated rings. The molecule has 0 bridgehead atoms. The Morgan fingerprint density at radius 2 is 1.93 bits per heavy atom. The van der Waals surface area contributed by atoms with E-state index in [0.717, 1.165) is 38.4 Å². The molecule has 2 unspecified atom stereocenters. The molecule has 3 aromatic heterocycles. The van der Waals surface area contributed by atoms with E-state index in [2.05, 4.69) is 15.4 Å². The van der Waals surface area contributed by atoms with E-state index < -0.39 is 35.0 Å². The highest BCUT2D eigenvalue weighted by atomic mass is 35.5. The van der Waals surface area contributed by atoms with Crippen LogP contribution in [0.2, 0.25) is 10.2 Å². The molecule has 2 saturated heterocycles. The van der Waals surface area contributed by atoms with Crippen LogP contribution in [0.4, 0.5) is 29.2 Å². The average molecular weight is 625 g/mol. The van der Waals surface area contributed by atoms with E-state index in [1.807, 2.05) is 4.90 Å². The molecule has 0 spiro atoms. The van der Waals surface area contributed by atoms with Gasteiger partial charge in [-0.15, -0.1) is 0 Å². The van der Waals surface area contributed by atoms with E-state index in [1.54, 1.807) is 4.40 Å². The number of nitrogens with one attached hydrogen (secondary N) is 1. The van der Waals surface area contributed by atoms with Gasteiger partial charge in [-0.3, -0.25) is 18.7 Å². The number of hydrogen-bond donors (Lipinski definition) is 2. The van der Waals surface area contributed by atoms with Crippen molar-refractivity contribution in [1.82, 2.24) is 29.0 Å². The first-order valence-corrected chi connectivity index (χ1v) is 13.6. The topological polar surface area (TPSA) is 123 Å². The molecule has 1 aromatic carbocycles. The number of nitrogens with two attached hydrogens (primary N) is 1. The Kier molecular flexibility index (Phi) is 6.80. The predicted octanol–water partition coefficient (Wildman–Crippen LogP) is 5.30. The van der Waals surface area contributed by atoms with Crippen LogP contribution in [0.1, 0.15) is 53.5 Å². The van der Waals surface area contributed by atoms with Gasteiger partial charge in [0.15, 0.2) is 5.82 Å². The molecule has 4 aromatic rings. The first-order valence-electron chi connectivity index (χ1n) is 12.9. The van der Waals surface area contributed by atoms with Crippen LogP contribution in [0, 0.1) is 5.82 Å². The quantitative estimate of drug-likeness (QED) is 0.297. The first kappa shape index (κ1) is 28.2. The number of rotatable bonds is 4. The zero-order valence-electron chi connectivity index (χ0n) is 21.8. The van der Waals surface area contributed by atoms with Gasteiger partial charge in [0.1, 0.15) is 39.5 Å². The van der Waals surface area contributed by atoms with Crippen molar-refractivity contribution in [1.29, 1.82) is 0 Å². The van der Waals surface area contributed by atoms with Crippen LogP contribution >= 0.6 is 23.2 Å². The van der Waals surface area contributed by atoms with Gasteiger partial charge in [-0.2, -0.15) is 18.3 Å². The highest BCUT2D eigenvalue weighted by Gasteiger charge is 2.39. The second-order valence-corrected chi connectivity index (χ2v) is 11.1. The number of benzene rings is 1. The molecular weight excluding hydrogens is 603 g/mol. The van der Waals surface area contributed by atoms with Gasteiger partial charge in [0.05, 0.1) is 16.8 Å². The van der Waals surface area contributed by atoms with Crippen molar-refractivity contribution < 1.29 is 27.2 Å². The number of alkyl halides is 3. The van der Waals surface area contributed by atoms with Gasteiger partial charge >= 0.3 is 6.18 Å². The third-order valence-electron chi connectivity index (χ3n) is 7.72. The van der Waals surface area contributed by atoms with E-state index >= 15 is 4.39 Å². The number of halogens is 6. The smallest absolute Gasteiger partial charge is 0.382 e. The molecule has 2 amide bonds. The molecule has 0 aliphatic carbocycles. The van der Waals surface area contributed by atoms with Crippen molar-refractivity contribution in [3.05, 3.63) is 57.5 Å². The maximum Gasteiger partial charge on any atom is 0.433 e. The molecule has 5 heterocycles. The first-order chi connectivity index (χ1) is 19.8. The van der Waals surface area contributed by atoms with Crippen LogP contribution in [-0.2, 0) is 18.0 Å². The number of aromatic nitrogens is 5. The second kappa shape index (κ2) is 10.1. The summed E-state index contributed by atoms with van der Waals surface area (Å²) in [5.74, 6) is -2.05. The molecule has 220 valence electrons. The van der Waals surface area contributed by atoms with E-state index in [4.69, 9.17) is 33.9 Å². The summed E-state index contributed by atoms with van der Waals surface area (Å²) < 4.78 is 56.9. The number of fused-ring (bicyclic) bond motifs is 2. The number of piperidine rings is 1. The van der Waals surface area contributed by atoms with Gasteiger partial charge in [-0.1, -0.05) is 23.2 Å². The predicted molar refractivity (Wildman–Crippen MR) is 146 cm³/mol. The Morgan fingerprint density at radius 1 is 1.17 bits per heavy atom. The largest absolute Gasteiger partial charge is 0.433 e. The van der Waals surface area contributed by atoms with E-state index in [1.165, 1.54) is 6.20 Å². The fraction of sp³-hybridized carbons (Fsp3) is 0.346. The average Bonchev–Trinajstić information content (AvgIpc) is 3.62. The van der Waals surface area contributed by atoms with Crippen molar-refractivity contribution in [2.45, 2.75) is 43.8 Å². The second-order valence-electron chi connectivity index (χ2n) is 10.3. The molecule has 3 N–H and O–H groups in total. The zero-order chi connectivity index (χ0) is 30.1. The molecular formula is C26H22Cl2F4N8O2. The number of carbonyl (C=O) groups excluding carboxylic acids is 2. The molecule has 42 heavy (non-hydrogen) atoms. The van der Waals surface area contributed by atoms with E-state index in [9.17, 15) is 22.8 Å². The van der Waals surface area contributed by atoms with Crippen LogP contribution in [0.5, 0.6) is 0 Å². The fourth-order valence-electron chi connectivity index (χ4n) is 5.75. The third-order valence-corrected chi connectivity index (χ3v) is 8.30. The minimum absolute atomic E-state index is 0.0491. The van der Waals surface area contributed by atoms with E-state index in [0.29, 0.717) is 29.5 Å². The lowest BCUT2D eigenvalue weighted by Gasteiger charge is -2.34. The molecule has 6 rings (SSSR count). The standard InChI is InChI=1S/C26H22Cl2F4N8O2/c1-38-17(26(30,31)32)8-19(37-38)35-25(42)14-6-15(27)13(7-16(14)29)21-22-23(33)34-9-18(28)40(22)24(36-21)11-2-3-12-4-5-20(41)39(12)10-11/h6-9,11-12H,2-5,10H2,1H3,(H2,33,34)(H,35,37,42). The number of nitrogen functional groups attached to an aromatic ring is 1. The number of hydrogen-bond acceptors (Lipinski definition) is 6. The summed E-state index contributed by atoms with van der Waals surface area (Å²) in [6.07, 6.45) is -0.495. The van der Waals surface area contributed by atoms with Gasteiger partial charge in [-0.05, 0) is 31.4 Å². The van der Waals surface area contributed by atoms with Gasteiger partial charge in [0.2, 0.25) is 5.91 Å². The van der Waals surface area contributed by atoms with Crippen molar-refractivity contribution in [3.8, 4) is 11.3 Å². The van der Waals surface area contributed by atoms with Crippen molar-refractivity contribution in [2.24, 2.45) is 7.05 Å². The highest BCUT2D eigenvalue weighted by Crippen LogP contribution is 2.41. The summed E-state index contributed by atoms with van der Waals surface area (Å²) in [5.41, 5.74) is 5.14. The third kappa shape index (κ3) is 4.71. The van der Waals surface area contributed by atoms with Crippen LogP contribution in [0.3, 0.4) is 0 Å². The van der Waals surface area contributed by atoms with Crippen molar-refractivity contribution >= 4 is 52.2 Å². The number of carbonyl (C=O) groups is 2. The lowest BCUT2D eigenvalue weighted by atomic mass is 9.92. The van der Waals surface area contributed by atoms with Crippen LogP contribution in [-0.4, -0.2) is 53.5 Å². The SMILES string of the molecule is Cn1nc(NC(=O)c2cc(Cl)c(-c3nc(C4CCC5CCC(=O)N5C4)n4c(Cl)cnc(N)c34)cc2F)cc1C(F)(F)F. The number of imidazole rings is 1. The van der Waals surface area contributed by atoms with Gasteiger partial charge in [-0.25, -0.2) is 14.4 Å². The summed E-state index contributed by atoms with van der Waals surface area (Å²) in [6, 6.07) is 2.86. The van der Waals surface area contributed by atoms with Gasteiger partial charge < -0.3 is 16.0 Å². The monoisotopic (exact) mass is 624 g/mol. The van der Waals surface area contributed by atoms with Crippen molar-refractivity contribution in [2.75, 3.05) is 17.6 Å². The molecule has 2 atom stereocenters. The molecule has 2 aliphatic rings. The lowest BCUT2D eigenvalue weighted by Crippen LogP contribution is -2.41. The Hall–Kier alpha value is -3.91. The van der Waals surface area contributed by atoms with E-state index in [-0.39, 0.29) is 50.6 Å². The molecule has 0 saturated carbocycles. The summed E-state index contributed by atoms with van der Waals surface area (Å²) >= 11 is 13.1.